The molecule has 28 heavy (non-hydrogen) atoms. The van der Waals surface area contributed by atoms with E-state index >= 15 is 0 Å². The lowest BCUT2D eigenvalue weighted by Crippen LogP contribution is -2.49. The summed E-state index contributed by atoms with van der Waals surface area (Å²) in [7, 11) is 0. The Morgan fingerprint density at radius 2 is 1.36 bits per heavy atom. The van der Waals surface area contributed by atoms with Gasteiger partial charge in [0, 0.05) is 13.1 Å². The molecule has 2 heteroatoms. The Morgan fingerprint density at radius 1 is 0.750 bits per heavy atom. The molecular weight excluding hydrogens is 342 g/mol. The van der Waals surface area contributed by atoms with Crippen molar-refractivity contribution in [1.29, 1.82) is 0 Å². The summed E-state index contributed by atoms with van der Waals surface area (Å²) in [4.78, 5) is 2.36. The molecule has 2 aliphatic rings. The zero-order chi connectivity index (χ0) is 19.2. The number of likely N-dealkylation sites (tertiary alicyclic amines) is 1. The van der Waals surface area contributed by atoms with Gasteiger partial charge in [-0.15, -0.1) is 0 Å². The maximum Gasteiger partial charge on any atom is 0.144 e. The van der Waals surface area contributed by atoms with Gasteiger partial charge in [-0.05, 0) is 48.3 Å². The fraction of sp³-hybridized carbons (Fsp3) is 0.538. The summed E-state index contributed by atoms with van der Waals surface area (Å²) in [6, 6.07) is 19.2. The van der Waals surface area contributed by atoms with Crippen LogP contribution in [0.15, 0.2) is 54.6 Å². The highest BCUT2D eigenvalue weighted by atomic mass is 16.3. The van der Waals surface area contributed by atoms with Gasteiger partial charge < -0.3 is 5.11 Å². The molecule has 4 rings (SSSR count). The molecule has 2 fully saturated rings. The Morgan fingerprint density at radius 3 is 2.04 bits per heavy atom. The quantitative estimate of drug-likeness (QED) is 0.634. The Bertz CT molecular complexity index is 714. The zero-order valence-electron chi connectivity index (χ0n) is 17.2. The lowest BCUT2D eigenvalue weighted by molar-refractivity contribution is -0.133. The second-order valence-electron chi connectivity index (χ2n) is 8.85. The largest absolute Gasteiger partial charge is 0.371 e. The first kappa shape index (κ1) is 19.7. The van der Waals surface area contributed by atoms with E-state index in [9.17, 15) is 5.11 Å². The summed E-state index contributed by atoms with van der Waals surface area (Å²) in [5.41, 5.74) is 2.72. The van der Waals surface area contributed by atoms with Crippen molar-refractivity contribution in [2.45, 2.75) is 69.9 Å². The highest BCUT2D eigenvalue weighted by molar-refractivity contribution is 5.63. The second kappa shape index (κ2) is 9.24. The number of benzene rings is 2. The average molecular weight is 378 g/mol. The average Bonchev–Trinajstić information content (AvgIpc) is 2.79. The van der Waals surface area contributed by atoms with Crippen LogP contribution in [0.1, 0.15) is 69.8 Å². The molecule has 1 N–H and O–H groups in total. The third-order valence-electron chi connectivity index (χ3n) is 6.96. The Hall–Kier alpha value is -1.64. The molecule has 0 radical (unpaired) electrons. The first-order chi connectivity index (χ1) is 13.8. The molecule has 0 bridgehead atoms. The van der Waals surface area contributed by atoms with E-state index < -0.39 is 5.72 Å². The lowest BCUT2D eigenvalue weighted by atomic mass is 9.82. The van der Waals surface area contributed by atoms with Crippen molar-refractivity contribution in [3.63, 3.8) is 0 Å². The number of rotatable bonds is 6. The molecular formula is C26H35NO. The van der Waals surface area contributed by atoms with Crippen LogP contribution in [0.25, 0.3) is 11.1 Å². The Kier molecular flexibility index (Phi) is 6.49. The molecule has 1 atom stereocenters. The first-order valence-corrected chi connectivity index (χ1v) is 11.4. The minimum absolute atomic E-state index is 0.800. The highest BCUT2D eigenvalue weighted by Crippen LogP contribution is 2.37. The van der Waals surface area contributed by atoms with E-state index in [1.165, 1.54) is 62.5 Å². The van der Waals surface area contributed by atoms with E-state index in [4.69, 9.17) is 0 Å². The SMILES string of the molecule is OC(CCC1CCCCC1)(c1ccc(-c2ccccc2)cc1)N1CCCCC1. The number of piperidine rings is 1. The second-order valence-corrected chi connectivity index (χ2v) is 8.85. The van der Waals surface area contributed by atoms with Crippen molar-refractivity contribution in [1.82, 2.24) is 4.90 Å². The minimum atomic E-state index is -0.812. The molecule has 150 valence electrons. The van der Waals surface area contributed by atoms with Gasteiger partial charge in [0.1, 0.15) is 5.72 Å². The van der Waals surface area contributed by atoms with Gasteiger partial charge in [0.2, 0.25) is 0 Å². The van der Waals surface area contributed by atoms with E-state index in [1.54, 1.807) is 0 Å². The molecule has 1 saturated heterocycles. The Labute approximate surface area is 170 Å². The number of hydrogen-bond donors (Lipinski definition) is 1. The zero-order valence-corrected chi connectivity index (χ0v) is 17.2. The molecule has 0 amide bonds. The lowest BCUT2D eigenvalue weighted by Gasteiger charge is -2.43. The fourth-order valence-electron chi connectivity index (χ4n) is 5.19. The molecule has 1 saturated carbocycles. The monoisotopic (exact) mass is 377 g/mol. The molecule has 2 nitrogen and oxygen atoms in total. The van der Waals surface area contributed by atoms with Crippen molar-refractivity contribution in [2.75, 3.05) is 13.1 Å². The summed E-state index contributed by atoms with van der Waals surface area (Å²) < 4.78 is 0. The van der Waals surface area contributed by atoms with E-state index in [2.05, 4.69) is 59.5 Å². The third-order valence-corrected chi connectivity index (χ3v) is 6.96. The van der Waals surface area contributed by atoms with Crippen LogP contribution in [-0.4, -0.2) is 23.1 Å². The van der Waals surface area contributed by atoms with Gasteiger partial charge in [0.25, 0.3) is 0 Å². The molecule has 1 unspecified atom stereocenters. The van der Waals surface area contributed by atoms with E-state index in [1.807, 2.05) is 0 Å². The van der Waals surface area contributed by atoms with Crippen LogP contribution >= 0.6 is 0 Å². The van der Waals surface area contributed by atoms with Gasteiger partial charge in [-0.3, -0.25) is 4.90 Å². The van der Waals surface area contributed by atoms with Crippen molar-refractivity contribution >= 4 is 0 Å². The van der Waals surface area contributed by atoms with Crippen LogP contribution in [0.5, 0.6) is 0 Å². The van der Waals surface area contributed by atoms with E-state index in [0.717, 1.165) is 37.4 Å². The van der Waals surface area contributed by atoms with Crippen LogP contribution in [-0.2, 0) is 5.72 Å². The number of hydrogen-bond acceptors (Lipinski definition) is 2. The van der Waals surface area contributed by atoms with Gasteiger partial charge in [-0.1, -0.05) is 93.1 Å². The molecule has 2 aromatic carbocycles. The van der Waals surface area contributed by atoms with Crippen molar-refractivity contribution < 1.29 is 5.11 Å². The summed E-state index contributed by atoms with van der Waals surface area (Å²) in [5, 5.41) is 11.9. The van der Waals surface area contributed by atoms with Gasteiger partial charge in [-0.2, -0.15) is 0 Å². The maximum absolute atomic E-state index is 11.9. The van der Waals surface area contributed by atoms with Gasteiger partial charge >= 0.3 is 0 Å². The molecule has 1 aliphatic heterocycles. The Balaban J connectivity index is 1.55. The van der Waals surface area contributed by atoms with Gasteiger partial charge in [-0.25, -0.2) is 0 Å². The fourth-order valence-corrected chi connectivity index (χ4v) is 5.19. The van der Waals surface area contributed by atoms with E-state index in [0.29, 0.717) is 0 Å². The molecule has 1 heterocycles. The summed E-state index contributed by atoms with van der Waals surface area (Å²) in [6.07, 6.45) is 12.6. The smallest absolute Gasteiger partial charge is 0.144 e. The summed E-state index contributed by atoms with van der Waals surface area (Å²) in [6.45, 7) is 2.03. The third kappa shape index (κ3) is 4.50. The molecule has 0 spiro atoms. The molecule has 0 aromatic heterocycles. The van der Waals surface area contributed by atoms with Crippen LogP contribution in [0.2, 0.25) is 0 Å². The van der Waals surface area contributed by atoms with Crippen molar-refractivity contribution in [2.24, 2.45) is 5.92 Å². The standard InChI is InChI=1S/C26H35NO/c28-26(27-20-8-3-9-21-27,19-18-22-10-4-1-5-11-22)25-16-14-24(15-17-25)23-12-6-2-7-13-23/h2,6-7,12-17,22,28H,1,3-5,8-11,18-21H2. The van der Waals surface area contributed by atoms with Crippen LogP contribution in [0.3, 0.4) is 0 Å². The van der Waals surface area contributed by atoms with Crippen LogP contribution < -0.4 is 0 Å². The van der Waals surface area contributed by atoms with Crippen LogP contribution in [0.4, 0.5) is 0 Å². The van der Waals surface area contributed by atoms with Gasteiger partial charge in [0.15, 0.2) is 0 Å². The van der Waals surface area contributed by atoms with Crippen molar-refractivity contribution in [3.8, 4) is 11.1 Å². The highest BCUT2D eigenvalue weighted by Gasteiger charge is 2.37. The van der Waals surface area contributed by atoms with Crippen molar-refractivity contribution in [3.05, 3.63) is 60.2 Å². The topological polar surface area (TPSA) is 23.5 Å². The summed E-state index contributed by atoms with van der Waals surface area (Å²) in [5.74, 6) is 0.800. The normalized spacial score (nSPS) is 21.3. The molecule has 1 aliphatic carbocycles. The van der Waals surface area contributed by atoms with Crippen LogP contribution in [0, 0.1) is 5.92 Å². The minimum Gasteiger partial charge on any atom is -0.371 e. The maximum atomic E-state index is 11.9. The summed E-state index contributed by atoms with van der Waals surface area (Å²) >= 11 is 0. The molecule has 2 aromatic rings. The first-order valence-electron chi connectivity index (χ1n) is 11.4. The predicted octanol–water partition coefficient (Wildman–Crippen LogP) is 6.35. The number of aliphatic hydroxyl groups is 1. The van der Waals surface area contributed by atoms with Gasteiger partial charge in [0.05, 0.1) is 0 Å². The van der Waals surface area contributed by atoms with E-state index in [-0.39, 0.29) is 0 Å². The predicted molar refractivity (Wildman–Crippen MR) is 117 cm³/mol. The number of nitrogens with zero attached hydrogens (tertiary/aromatic N) is 1.